The molecule has 0 bridgehead atoms. The van der Waals surface area contributed by atoms with Gasteiger partial charge in [-0.15, -0.1) is 0 Å². The summed E-state index contributed by atoms with van der Waals surface area (Å²) in [7, 11) is 0. The molecule has 0 aromatic heterocycles. The summed E-state index contributed by atoms with van der Waals surface area (Å²) in [6, 6.07) is 6.42. The molecule has 0 saturated carbocycles. The molecule has 1 N–H and O–H groups in total. The Morgan fingerprint density at radius 3 is 2.55 bits per heavy atom. The van der Waals surface area contributed by atoms with E-state index in [4.69, 9.17) is 14.7 Å². The van der Waals surface area contributed by atoms with Crippen LogP contribution in [0.4, 0.5) is 13.2 Å². The minimum absolute atomic E-state index is 0.260. The molecule has 1 aromatic rings. The van der Waals surface area contributed by atoms with Crippen molar-refractivity contribution < 1.29 is 32.5 Å². The summed E-state index contributed by atoms with van der Waals surface area (Å²) in [6.45, 7) is -0.0835. The van der Waals surface area contributed by atoms with Crippen molar-refractivity contribution in [2.45, 2.75) is 19.2 Å². The molecule has 1 unspecified atom stereocenters. The summed E-state index contributed by atoms with van der Waals surface area (Å²) in [6.07, 6.45) is -5.65. The molecule has 0 aliphatic carbocycles. The molecule has 0 saturated heterocycles. The molecule has 1 aromatic carbocycles. The van der Waals surface area contributed by atoms with Gasteiger partial charge in [0.25, 0.3) is 0 Å². The van der Waals surface area contributed by atoms with E-state index in [1.54, 1.807) is 6.92 Å². The number of hydrogen-bond donors (Lipinski definition) is 1. The Kier molecular flexibility index (Phi) is 6.95. The number of hydrogen-bond acceptors (Lipinski definition) is 5. The Hall–Kier alpha value is -1.98. The van der Waals surface area contributed by atoms with Crippen molar-refractivity contribution in [2.75, 3.05) is 26.4 Å². The third-order valence-corrected chi connectivity index (χ3v) is 2.38. The van der Waals surface area contributed by atoms with E-state index in [1.807, 2.05) is 6.07 Å². The summed E-state index contributed by atoms with van der Waals surface area (Å²) in [4.78, 5) is 0. The van der Waals surface area contributed by atoms with Gasteiger partial charge < -0.3 is 19.3 Å². The minimum Gasteiger partial charge on any atom is -0.490 e. The fourth-order valence-electron chi connectivity index (χ4n) is 1.51. The van der Waals surface area contributed by atoms with Gasteiger partial charge in [-0.05, 0) is 19.1 Å². The smallest absolute Gasteiger partial charge is 0.411 e. The van der Waals surface area contributed by atoms with Gasteiger partial charge in [-0.1, -0.05) is 0 Å². The van der Waals surface area contributed by atoms with Crippen LogP contribution in [0.3, 0.4) is 0 Å². The highest BCUT2D eigenvalue weighted by Crippen LogP contribution is 2.28. The predicted octanol–water partition coefficient (Wildman–Crippen LogP) is 2.28. The third kappa shape index (κ3) is 6.65. The van der Waals surface area contributed by atoms with E-state index >= 15 is 0 Å². The summed E-state index contributed by atoms with van der Waals surface area (Å²) in [5.74, 6) is 0.612. The molecule has 5 nitrogen and oxygen atoms in total. The van der Waals surface area contributed by atoms with Crippen LogP contribution >= 0.6 is 0 Å². The van der Waals surface area contributed by atoms with E-state index < -0.39 is 25.5 Å². The van der Waals surface area contributed by atoms with Crippen molar-refractivity contribution in [1.82, 2.24) is 0 Å². The maximum atomic E-state index is 11.9. The van der Waals surface area contributed by atoms with Crippen LogP contribution in [0.15, 0.2) is 18.2 Å². The molecule has 0 heterocycles. The van der Waals surface area contributed by atoms with Crippen molar-refractivity contribution in [2.24, 2.45) is 0 Å². The van der Waals surface area contributed by atoms with Gasteiger partial charge in [0.2, 0.25) is 0 Å². The molecule has 22 heavy (non-hydrogen) atoms. The number of nitrogens with zero attached hydrogens (tertiary/aromatic N) is 1. The van der Waals surface area contributed by atoms with Crippen molar-refractivity contribution in [3.63, 3.8) is 0 Å². The van der Waals surface area contributed by atoms with Crippen LogP contribution in [0.5, 0.6) is 11.5 Å². The summed E-state index contributed by atoms with van der Waals surface area (Å²) in [5.41, 5.74) is 0.379. The first-order valence-electron chi connectivity index (χ1n) is 6.48. The molecule has 0 fully saturated rings. The molecule has 0 aliphatic heterocycles. The molecule has 1 atom stereocenters. The number of rotatable bonds is 8. The van der Waals surface area contributed by atoms with Crippen LogP contribution in [0, 0.1) is 11.3 Å². The van der Waals surface area contributed by atoms with Crippen molar-refractivity contribution in [3.05, 3.63) is 23.8 Å². The van der Waals surface area contributed by atoms with Crippen LogP contribution in [0.25, 0.3) is 0 Å². The van der Waals surface area contributed by atoms with Gasteiger partial charge in [-0.25, -0.2) is 0 Å². The Morgan fingerprint density at radius 1 is 1.23 bits per heavy atom. The highest BCUT2D eigenvalue weighted by atomic mass is 19.4. The van der Waals surface area contributed by atoms with Crippen LogP contribution in [0.2, 0.25) is 0 Å². The fourth-order valence-corrected chi connectivity index (χ4v) is 1.51. The Morgan fingerprint density at radius 2 is 1.95 bits per heavy atom. The number of alkyl halides is 3. The Balaban J connectivity index is 2.51. The molecule has 0 amide bonds. The zero-order valence-corrected chi connectivity index (χ0v) is 11.9. The topological polar surface area (TPSA) is 71.7 Å². The number of aliphatic hydroxyl groups is 1. The van der Waals surface area contributed by atoms with Crippen LogP contribution < -0.4 is 9.47 Å². The second-order valence-corrected chi connectivity index (χ2v) is 4.30. The first-order chi connectivity index (χ1) is 10.4. The van der Waals surface area contributed by atoms with Gasteiger partial charge in [-0.3, -0.25) is 0 Å². The normalized spacial score (nSPS) is 12.5. The zero-order valence-electron chi connectivity index (χ0n) is 11.9. The number of nitriles is 1. The van der Waals surface area contributed by atoms with Gasteiger partial charge in [0.1, 0.15) is 19.3 Å². The quantitative estimate of drug-likeness (QED) is 0.796. The largest absolute Gasteiger partial charge is 0.490 e. The highest BCUT2D eigenvalue weighted by molar-refractivity contribution is 5.46. The van der Waals surface area contributed by atoms with E-state index in [1.165, 1.54) is 18.2 Å². The lowest BCUT2D eigenvalue weighted by Crippen LogP contribution is -2.27. The number of benzene rings is 1. The van der Waals surface area contributed by atoms with Crippen LogP contribution in [-0.4, -0.2) is 43.8 Å². The van der Waals surface area contributed by atoms with Crippen molar-refractivity contribution >= 4 is 0 Å². The second-order valence-electron chi connectivity index (χ2n) is 4.30. The summed E-state index contributed by atoms with van der Waals surface area (Å²) in [5, 5.41) is 18.3. The first-order valence-corrected chi connectivity index (χ1v) is 6.48. The Labute approximate surface area is 125 Å². The molecule has 0 radical (unpaired) electrons. The fraction of sp³-hybridized carbons (Fsp3) is 0.500. The average Bonchev–Trinajstić information content (AvgIpc) is 2.44. The molecule has 0 aliphatic rings. The zero-order chi connectivity index (χ0) is 16.6. The van der Waals surface area contributed by atoms with E-state index in [9.17, 15) is 18.3 Å². The van der Waals surface area contributed by atoms with E-state index in [0.29, 0.717) is 17.9 Å². The molecule has 8 heteroatoms. The molecule has 1 rings (SSSR count). The third-order valence-electron chi connectivity index (χ3n) is 2.38. The average molecular weight is 319 g/mol. The number of aliphatic hydroxyl groups excluding tert-OH is 1. The summed E-state index contributed by atoms with van der Waals surface area (Å²) >= 11 is 0. The van der Waals surface area contributed by atoms with Gasteiger partial charge >= 0.3 is 6.18 Å². The minimum atomic E-state index is -4.43. The van der Waals surface area contributed by atoms with E-state index in [0.717, 1.165) is 0 Å². The molecule has 0 spiro atoms. The highest BCUT2D eigenvalue weighted by Gasteiger charge is 2.27. The van der Waals surface area contributed by atoms with Gasteiger partial charge in [0.05, 0.1) is 24.8 Å². The molecular weight excluding hydrogens is 303 g/mol. The molecule has 122 valence electrons. The first kappa shape index (κ1) is 18.1. The maximum absolute atomic E-state index is 11.9. The van der Waals surface area contributed by atoms with Gasteiger partial charge in [0, 0.05) is 6.07 Å². The maximum Gasteiger partial charge on any atom is 0.411 e. The van der Waals surface area contributed by atoms with Crippen molar-refractivity contribution in [1.29, 1.82) is 5.26 Å². The van der Waals surface area contributed by atoms with Gasteiger partial charge in [-0.2, -0.15) is 18.4 Å². The standard InChI is InChI=1S/C14H16F3NO4/c1-2-21-13-5-10(6-18)3-4-12(13)22-8-11(19)7-20-9-14(15,16)17/h3-5,11,19H,2,7-9H2,1H3. The van der Waals surface area contributed by atoms with E-state index in [-0.39, 0.29) is 12.4 Å². The van der Waals surface area contributed by atoms with Gasteiger partial charge in [0.15, 0.2) is 11.5 Å². The molecular formula is C14H16F3NO4. The second kappa shape index (κ2) is 8.46. The monoisotopic (exact) mass is 319 g/mol. The Bertz CT molecular complexity index is 514. The lowest BCUT2D eigenvalue weighted by atomic mass is 10.2. The lowest BCUT2D eigenvalue weighted by molar-refractivity contribution is -0.179. The lowest BCUT2D eigenvalue weighted by Gasteiger charge is -2.16. The number of ether oxygens (including phenoxy) is 3. The van der Waals surface area contributed by atoms with Crippen molar-refractivity contribution in [3.8, 4) is 17.6 Å². The number of halogens is 3. The van der Waals surface area contributed by atoms with E-state index in [2.05, 4.69) is 4.74 Å². The van der Waals surface area contributed by atoms with Crippen LogP contribution in [-0.2, 0) is 4.74 Å². The predicted molar refractivity (Wildman–Crippen MR) is 70.7 cm³/mol. The van der Waals surface area contributed by atoms with Crippen LogP contribution in [0.1, 0.15) is 12.5 Å². The SMILES string of the molecule is CCOc1cc(C#N)ccc1OCC(O)COCC(F)(F)F. The summed E-state index contributed by atoms with van der Waals surface area (Å²) < 4.78 is 50.6.